The van der Waals surface area contributed by atoms with Crippen LogP contribution in [-0.4, -0.2) is 50.7 Å². The highest BCUT2D eigenvalue weighted by Gasteiger charge is 2.22. The smallest absolute Gasteiger partial charge is 0.237 e. The first-order chi connectivity index (χ1) is 12.4. The molecule has 0 radical (unpaired) electrons. The molecule has 1 aliphatic heterocycles. The standard InChI is InChI=1S/C19H25FN4O2/c1-14(25)18-10-16-12-23(8-5-9-24(16)21-18)19(26)13-22(2)11-15-6-3-4-7-17(15)20/h3-4,6-7,10,14,25H,5,8-9,11-13H2,1-2H3/t14-/m1/s1. The molecule has 1 atom stereocenters. The molecule has 7 heteroatoms. The van der Waals surface area contributed by atoms with Crippen LogP contribution in [0.25, 0.3) is 0 Å². The Bertz CT molecular complexity index is 775. The predicted octanol–water partition coefficient (Wildman–Crippen LogP) is 1.94. The number of aliphatic hydroxyl groups is 1. The van der Waals surface area contributed by atoms with E-state index in [-0.39, 0.29) is 18.3 Å². The Morgan fingerprint density at radius 3 is 2.88 bits per heavy atom. The zero-order valence-electron chi connectivity index (χ0n) is 15.2. The SMILES string of the molecule is C[C@@H](O)c1cc2n(n1)CCCN(C(=O)CN(C)Cc1ccccc1F)C2. The van der Waals surface area contributed by atoms with E-state index < -0.39 is 6.10 Å². The van der Waals surface area contributed by atoms with Crippen LogP contribution in [0.15, 0.2) is 30.3 Å². The summed E-state index contributed by atoms with van der Waals surface area (Å²) in [6.07, 6.45) is 0.196. The van der Waals surface area contributed by atoms with E-state index in [9.17, 15) is 14.3 Å². The van der Waals surface area contributed by atoms with Crippen LogP contribution in [-0.2, 0) is 24.4 Å². The maximum Gasteiger partial charge on any atom is 0.237 e. The number of aliphatic hydroxyl groups excluding tert-OH is 1. The largest absolute Gasteiger partial charge is 0.387 e. The summed E-state index contributed by atoms with van der Waals surface area (Å²) in [4.78, 5) is 16.3. The quantitative estimate of drug-likeness (QED) is 0.885. The van der Waals surface area contributed by atoms with Gasteiger partial charge in [0, 0.05) is 25.2 Å². The van der Waals surface area contributed by atoms with Crippen LogP contribution < -0.4 is 0 Å². The number of aromatic nitrogens is 2. The van der Waals surface area contributed by atoms with Crippen molar-refractivity contribution in [3.8, 4) is 0 Å². The zero-order chi connectivity index (χ0) is 18.7. The predicted molar refractivity (Wildman–Crippen MR) is 95.6 cm³/mol. The molecule has 2 heterocycles. The van der Waals surface area contributed by atoms with Crippen molar-refractivity contribution in [2.45, 2.75) is 39.1 Å². The van der Waals surface area contributed by atoms with Crippen LogP contribution in [0.1, 0.15) is 36.4 Å². The van der Waals surface area contributed by atoms with Gasteiger partial charge in [-0.2, -0.15) is 5.10 Å². The third-order valence-electron chi connectivity index (χ3n) is 4.62. The summed E-state index contributed by atoms with van der Waals surface area (Å²) in [5, 5.41) is 14.1. The molecule has 0 saturated carbocycles. The van der Waals surface area contributed by atoms with Crippen molar-refractivity contribution in [2.75, 3.05) is 20.1 Å². The summed E-state index contributed by atoms with van der Waals surface area (Å²) < 4.78 is 15.6. The first kappa shape index (κ1) is 18.5. The number of rotatable bonds is 5. The van der Waals surface area contributed by atoms with Crippen LogP contribution >= 0.6 is 0 Å². The maximum atomic E-state index is 13.8. The lowest BCUT2D eigenvalue weighted by molar-refractivity contribution is -0.132. The van der Waals surface area contributed by atoms with Gasteiger partial charge in [0.15, 0.2) is 0 Å². The van der Waals surface area contributed by atoms with E-state index in [2.05, 4.69) is 5.10 Å². The second kappa shape index (κ2) is 7.97. The van der Waals surface area contributed by atoms with E-state index in [1.54, 1.807) is 25.1 Å². The third kappa shape index (κ3) is 4.28. The summed E-state index contributed by atoms with van der Waals surface area (Å²) in [6.45, 7) is 4.17. The highest BCUT2D eigenvalue weighted by atomic mass is 19.1. The normalized spacial score (nSPS) is 15.7. The molecule has 0 spiro atoms. The number of carbonyl (C=O) groups is 1. The molecular weight excluding hydrogens is 335 g/mol. The number of carbonyl (C=O) groups excluding carboxylic acids is 1. The fourth-order valence-corrected chi connectivity index (χ4v) is 3.21. The number of halogens is 1. The minimum Gasteiger partial charge on any atom is -0.387 e. The second-order valence-corrected chi connectivity index (χ2v) is 6.89. The number of nitrogens with zero attached hydrogens (tertiary/aromatic N) is 4. The van der Waals surface area contributed by atoms with Gasteiger partial charge < -0.3 is 10.0 Å². The molecule has 0 aliphatic carbocycles. The van der Waals surface area contributed by atoms with Crippen LogP contribution in [0.3, 0.4) is 0 Å². The molecule has 0 unspecified atom stereocenters. The molecule has 26 heavy (non-hydrogen) atoms. The Labute approximate surface area is 152 Å². The number of fused-ring (bicyclic) bond motifs is 1. The fraction of sp³-hybridized carbons (Fsp3) is 0.474. The van der Waals surface area contributed by atoms with Crippen LogP contribution in [0.5, 0.6) is 0 Å². The van der Waals surface area contributed by atoms with E-state index in [1.807, 2.05) is 27.6 Å². The Morgan fingerprint density at radius 1 is 1.38 bits per heavy atom. The average Bonchev–Trinajstić information content (AvgIpc) is 2.89. The molecule has 1 aromatic heterocycles. The van der Waals surface area contributed by atoms with Crippen molar-refractivity contribution in [3.63, 3.8) is 0 Å². The summed E-state index contributed by atoms with van der Waals surface area (Å²) >= 11 is 0. The van der Waals surface area contributed by atoms with Crippen molar-refractivity contribution < 1.29 is 14.3 Å². The van der Waals surface area contributed by atoms with Crippen LogP contribution in [0, 0.1) is 5.82 Å². The van der Waals surface area contributed by atoms with Crippen molar-refractivity contribution >= 4 is 5.91 Å². The molecule has 0 saturated heterocycles. The van der Waals surface area contributed by atoms with Gasteiger partial charge in [0.05, 0.1) is 30.6 Å². The molecule has 6 nitrogen and oxygen atoms in total. The molecule has 2 aromatic rings. The summed E-state index contributed by atoms with van der Waals surface area (Å²) in [7, 11) is 1.82. The van der Waals surface area contributed by atoms with Gasteiger partial charge in [-0.05, 0) is 32.5 Å². The number of hydrogen-bond acceptors (Lipinski definition) is 4. The van der Waals surface area contributed by atoms with Crippen molar-refractivity contribution in [3.05, 3.63) is 53.1 Å². The topological polar surface area (TPSA) is 61.6 Å². The van der Waals surface area contributed by atoms with E-state index >= 15 is 0 Å². The molecular formula is C19H25FN4O2. The lowest BCUT2D eigenvalue weighted by Gasteiger charge is -2.24. The Morgan fingerprint density at radius 2 is 2.15 bits per heavy atom. The Kier molecular flexibility index (Phi) is 5.68. The fourth-order valence-electron chi connectivity index (χ4n) is 3.21. The van der Waals surface area contributed by atoms with Crippen molar-refractivity contribution in [2.24, 2.45) is 0 Å². The third-order valence-corrected chi connectivity index (χ3v) is 4.62. The molecule has 1 N–H and O–H groups in total. The molecule has 1 amide bonds. The van der Waals surface area contributed by atoms with Crippen molar-refractivity contribution in [1.82, 2.24) is 19.6 Å². The van der Waals surface area contributed by atoms with Gasteiger partial charge in [-0.3, -0.25) is 14.4 Å². The minimum atomic E-state index is -0.620. The summed E-state index contributed by atoms with van der Waals surface area (Å²) in [5.74, 6) is -0.242. The Hall–Kier alpha value is -2.25. The number of aryl methyl sites for hydroxylation is 1. The molecule has 1 aliphatic rings. The number of hydrogen-bond donors (Lipinski definition) is 1. The van der Waals surface area contributed by atoms with Gasteiger partial charge in [-0.1, -0.05) is 18.2 Å². The number of amides is 1. The molecule has 0 bridgehead atoms. The Balaban J connectivity index is 1.62. The monoisotopic (exact) mass is 360 g/mol. The van der Waals surface area contributed by atoms with Gasteiger partial charge in [0.1, 0.15) is 5.82 Å². The lowest BCUT2D eigenvalue weighted by atomic mass is 10.2. The lowest BCUT2D eigenvalue weighted by Crippen LogP contribution is -2.38. The highest BCUT2D eigenvalue weighted by molar-refractivity contribution is 5.78. The minimum absolute atomic E-state index is 0.0112. The van der Waals surface area contributed by atoms with Crippen LogP contribution in [0.2, 0.25) is 0 Å². The van der Waals surface area contributed by atoms with E-state index in [4.69, 9.17) is 0 Å². The van der Waals surface area contributed by atoms with Gasteiger partial charge in [0.2, 0.25) is 5.91 Å². The first-order valence-corrected chi connectivity index (χ1v) is 8.88. The number of benzene rings is 1. The van der Waals surface area contributed by atoms with Gasteiger partial charge in [-0.25, -0.2) is 4.39 Å². The second-order valence-electron chi connectivity index (χ2n) is 6.89. The maximum absolute atomic E-state index is 13.8. The average molecular weight is 360 g/mol. The summed E-state index contributed by atoms with van der Waals surface area (Å²) in [5.41, 5.74) is 2.15. The summed E-state index contributed by atoms with van der Waals surface area (Å²) in [6, 6.07) is 8.48. The molecule has 3 rings (SSSR count). The molecule has 140 valence electrons. The zero-order valence-corrected chi connectivity index (χ0v) is 15.2. The van der Waals surface area contributed by atoms with Gasteiger partial charge in [-0.15, -0.1) is 0 Å². The van der Waals surface area contributed by atoms with E-state index in [1.165, 1.54) is 6.07 Å². The van der Waals surface area contributed by atoms with E-state index in [0.29, 0.717) is 30.9 Å². The van der Waals surface area contributed by atoms with E-state index in [0.717, 1.165) is 18.7 Å². The van der Waals surface area contributed by atoms with Gasteiger partial charge >= 0.3 is 0 Å². The number of likely N-dealkylation sites (N-methyl/N-ethyl adjacent to an activating group) is 1. The van der Waals surface area contributed by atoms with Crippen LogP contribution in [0.4, 0.5) is 4.39 Å². The highest BCUT2D eigenvalue weighted by Crippen LogP contribution is 2.18. The molecule has 1 aromatic carbocycles. The first-order valence-electron chi connectivity index (χ1n) is 8.88. The van der Waals surface area contributed by atoms with Crippen molar-refractivity contribution in [1.29, 1.82) is 0 Å². The molecule has 0 fully saturated rings. The van der Waals surface area contributed by atoms with Gasteiger partial charge in [0.25, 0.3) is 0 Å².